The van der Waals surface area contributed by atoms with Crippen LogP contribution in [0.25, 0.3) is 10.9 Å². The lowest BCUT2D eigenvalue weighted by Crippen LogP contribution is -2.64. The van der Waals surface area contributed by atoms with Crippen molar-refractivity contribution in [3.63, 3.8) is 0 Å². The summed E-state index contributed by atoms with van der Waals surface area (Å²) in [7, 11) is 0. The third kappa shape index (κ3) is 9.44. The minimum absolute atomic E-state index is 0.0730. The van der Waals surface area contributed by atoms with Crippen molar-refractivity contribution in [1.82, 2.24) is 15.7 Å². The number of carbonyl (C=O) groups is 2. The number of carbonyl (C=O) groups excluding carboxylic acids is 2. The normalized spacial score (nSPS) is 13.2. The lowest BCUT2D eigenvalue weighted by molar-refractivity contribution is -0.966. The van der Waals surface area contributed by atoms with Crippen LogP contribution >= 0.6 is 0 Å². The van der Waals surface area contributed by atoms with Crippen LogP contribution in [0.15, 0.2) is 66.9 Å². The average Bonchev–Trinajstić information content (AvgIpc) is 2.96. The fourth-order valence-electron chi connectivity index (χ4n) is 4.99. The number of pyridine rings is 1. The number of nitrogens with two attached hydrogens (primary N) is 4. The molecule has 1 aromatic heterocycles. The Balaban J connectivity index is 1.64. The third-order valence-electron chi connectivity index (χ3n) is 7.21. The minimum Gasteiger partial charge on any atom is -0.345 e. The van der Waals surface area contributed by atoms with Crippen LogP contribution in [0.4, 0.5) is 0 Å². The van der Waals surface area contributed by atoms with Crippen molar-refractivity contribution in [3.05, 3.63) is 78.0 Å². The van der Waals surface area contributed by atoms with Crippen LogP contribution in [0.2, 0.25) is 0 Å². The number of para-hydroxylation sites is 1. The third-order valence-corrected chi connectivity index (χ3v) is 7.21. The number of benzene rings is 2. The Kier molecular flexibility index (Phi) is 12.6. The van der Waals surface area contributed by atoms with Gasteiger partial charge in [0, 0.05) is 44.2 Å². The van der Waals surface area contributed by atoms with Gasteiger partial charge in [0.15, 0.2) is 5.78 Å². The maximum atomic E-state index is 13.5. The first-order chi connectivity index (χ1) is 19.4. The van der Waals surface area contributed by atoms with Crippen molar-refractivity contribution in [2.75, 3.05) is 45.8 Å². The highest BCUT2D eigenvalue weighted by atomic mass is 16.2. The monoisotopic (exact) mass is 549 g/mol. The molecule has 0 saturated heterocycles. The Hall–Kier alpha value is -3.25. The number of nitrogens with one attached hydrogen (secondary N) is 2. The average molecular weight is 550 g/mol. The Morgan fingerprint density at radius 1 is 0.850 bits per heavy atom. The number of rotatable bonds is 18. The number of ketones is 1. The second-order valence-electron chi connectivity index (χ2n) is 10.3. The van der Waals surface area contributed by atoms with E-state index < -0.39 is 12.1 Å². The minimum atomic E-state index is -0.780. The second kappa shape index (κ2) is 16.1. The van der Waals surface area contributed by atoms with Gasteiger partial charge in [-0.1, -0.05) is 48.5 Å². The van der Waals surface area contributed by atoms with Crippen molar-refractivity contribution in [3.8, 4) is 0 Å². The number of Topliss-reactive ketones (excluding diaryl/α,β-unsaturated/α-hetero) is 1. The Morgan fingerprint density at radius 3 is 2.17 bits per heavy atom. The van der Waals surface area contributed by atoms with E-state index in [1.54, 1.807) is 6.20 Å². The topological polar surface area (TPSA) is 175 Å². The molecule has 0 aliphatic heterocycles. The fourth-order valence-corrected chi connectivity index (χ4v) is 4.99. The van der Waals surface area contributed by atoms with Crippen molar-refractivity contribution < 1.29 is 14.2 Å². The summed E-state index contributed by atoms with van der Waals surface area (Å²) >= 11 is 0. The molecule has 1 amide bonds. The highest BCUT2D eigenvalue weighted by molar-refractivity contribution is 5.92. The molecule has 10 nitrogen and oxygen atoms in total. The standard InChI is InChI=1S/C30H44N8O2/c31-13-17-38(18-14-32,19-15-33)36-16-12-26(34)30(40)37-28(11-10-23-6-2-1-3-7-23)29(39)21-24-20-25-8-4-5-9-27(25)35-22-24/h1-9,20,22,26,28,36H,10-19,21,31-34H2/p+1/t26-,28-/m0/s1. The summed E-state index contributed by atoms with van der Waals surface area (Å²) in [4.78, 5) is 31.1. The molecule has 10 N–H and O–H groups in total. The van der Waals surface area contributed by atoms with E-state index in [-0.39, 0.29) is 18.1 Å². The van der Waals surface area contributed by atoms with E-state index in [4.69, 9.17) is 22.9 Å². The van der Waals surface area contributed by atoms with E-state index in [1.807, 2.05) is 60.7 Å². The molecule has 0 bridgehead atoms. The fraction of sp³-hybridized carbons (Fsp3) is 0.433. The molecule has 2 atom stereocenters. The molecule has 1 heterocycles. The molecule has 3 rings (SSSR count). The van der Waals surface area contributed by atoms with Gasteiger partial charge in [0.05, 0.1) is 17.6 Å². The van der Waals surface area contributed by atoms with Crippen LogP contribution in [0.1, 0.15) is 24.0 Å². The molecular formula is C30H45N8O2+. The maximum absolute atomic E-state index is 13.5. The number of aromatic nitrogens is 1. The van der Waals surface area contributed by atoms with E-state index in [0.717, 1.165) is 22.0 Å². The second-order valence-corrected chi connectivity index (χ2v) is 10.3. The summed E-state index contributed by atoms with van der Waals surface area (Å²) in [5.41, 5.74) is 30.0. The van der Waals surface area contributed by atoms with Crippen molar-refractivity contribution in [1.29, 1.82) is 0 Å². The summed E-state index contributed by atoms with van der Waals surface area (Å²) in [6.07, 6.45) is 3.42. The number of aryl methyl sites for hydroxylation is 1. The van der Waals surface area contributed by atoms with Crippen LogP contribution in [-0.2, 0) is 22.4 Å². The molecule has 0 saturated carbocycles. The largest absolute Gasteiger partial charge is 0.345 e. The number of amides is 1. The van der Waals surface area contributed by atoms with Crippen LogP contribution in [0.5, 0.6) is 0 Å². The lowest BCUT2D eigenvalue weighted by Gasteiger charge is -2.37. The van der Waals surface area contributed by atoms with Gasteiger partial charge in [-0.05, 0) is 42.5 Å². The van der Waals surface area contributed by atoms with E-state index >= 15 is 0 Å². The number of hydrogen-bond acceptors (Lipinski definition) is 8. The van der Waals surface area contributed by atoms with Crippen molar-refractivity contribution in [2.45, 2.75) is 37.8 Å². The van der Waals surface area contributed by atoms with Gasteiger partial charge in [-0.25, -0.2) is 4.59 Å². The Morgan fingerprint density at radius 2 is 1.50 bits per heavy atom. The summed E-state index contributed by atoms with van der Waals surface area (Å²) < 4.78 is 0.482. The molecule has 216 valence electrons. The molecule has 0 fully saturated rings. The number of fused-ring (bicyclic) bond motifs is 1. The van der Waals surface area contributed by atoms with Gasteiger partial charge in [0.25, 0.3) is 0 Å². The molecule has 0 unspecified atom stereocenters. The maximum Gasteiger partial charge on any atom is 0.237 e. The van der Waals surface area contributed by atoms with Gasteiger partial charge in [-0.2, -0.15) is 5.43 Å². The van der Waals surface area contributed by atoms with Crippen LogP contribution < -0.4 is 33.7 Å². The Bertz CT molecular complexity index is 1190. The Labute approximate surface area is 237 Å². The predicted molar refractivity (Wildman–Crippen MR) is 160 cm³/mol. The summed E-state index contributed by atoms with van der Waals surface area (Å²) in [6.45, 7) is 3.97. The van der Waals surface area contributed by atoms with Gasteiger partial charge in [0.1, 0.15) is 19.6 Å². The van der Waals surface area contributed by atoms with E-state index in [0.29, 0.717) is 69.7 Å². The molecule has 3 aromatic rings. The summed E-state index contributed by atoms with van der Waals surface area (Å²) in [5, 5.41) is 3.91. The highest BCUT2D eigenvalue weighted by Gasteiger charge is 2.27. The number of hydrogen-bond donors (Lipinski definition) is 6. The lowest BCUT2D eigenvalue weighted by atomic mass is 9.97. The van der Waals surface area contributed by atoms with Crippen molar-refractivity contribution >= 4 is 22.6 Å². The molecule has 40 heavy (non-hydrogen) atoms. The quantitative estimate of drug-likeness (QED) is 0.0975. The first-order valence-corrected chi connectivity index (χ1v) is 14.1. The van der Waals surface area contributed by atoms with Gasteiger partial charge in [0.2, 0.25) is 5.91 Å². The van der Waals surface area contributed by atoms with Gasteiger partial charge in [-0.15, -0.1) is 0 Å². The van der Waals surface area contributed by atoms with E-state index in [2.05, 4.69) is 15.7 Å². The highest BCUT2D eigenvalue weighted by Crippen LogP contribution is 2.15. The number of quaternary nitrogens is 1. The zero-order valence-electron chi connectivity index (χ0n) is 23.3. The van der Waals surface area contributed by atoms with Crippen LogP contribution in [0, 0.1) is 0 Å². The van der Waals surface area contributed by atoms with Gasteiger partial charge >= 0.3 is 0 Å². The van der Waals surface area contributed by atoms with E-state index in [1.165, 1.54) is 0 Å². The summed E-state index contributed by atoms with van der Waals surface area (Å²) in [6, 6.07) is 18.2. The molecule has 2 aromatic carbocycles. The van der Waals surface area contributed by atoms with Crippen molar-refractivity contribution in [2.24, 2.45) is 22.9 Å². The van der Waals surface area contributed by atoms with Crippen LogP contribution in [0.3, 0.4) is 0 Å². The van der Waals surface area contributed by atoms with Gasteiger partial charge < -0.3 is 28.3 Å². The molecular weight excluding hydrogens is 504 g/mol. The first-order valence-electron chi connectivity index (χ1n) is 14.1. The molecule has 0 aliphatic carbocycles. The van der Waals surface area contributed by atoms with E-state index in [9.17, 15) is 9.59 Å². The zero-order valence-corrected chi connectivity index (χ0v) is 23.3. The van der Waals surface area contributed by atoms with Gasteiger partial charge in [-0.3, -0.25) is 14.6 Å². The molecule has 0 aliphatic rings. The molecule has 10 heteroatoms. The summed E-state index contributed by atoms with van der Waals surface area (Å²) in [5.74, 6) is -0.421. The molecule has 0 spiro atoms. The molecule has 0 radical (unpaired) electrons. The zero-order chi connectivity index (χ0) is 28.8. The first kappa shape index (κ1) is 31.3. The SMILES string of the molecule is NCC[N+](CCN)(CCN)NCC[C@H](N)C(=O)N[C@@H](CCc1ccccc1)C(=O)Cc1cnc2ccccc2c1. The number of nitrogens with zero attached hydrogens (tertiary/aromatic N) is 2. The van der Waals surface area contributed by atoms with Crippen LogP contribution in [-0.4, -0.2) is 79.2 Å². The smallest absolute Gasteiger partial charge is 0.237 e. The predicted octanol–water partition coefficient (Wildman–Crippen LogP) is 0.379.